The van der Waals surface area contributed by atoms with Crippen LogP contribution in [0.5, 0.6) is 17.2 Å². The van der Waals surface area contributed by atoms with Crippen LogP contribution in [0.4, 0.5) is 10.5 Å². The second-order valence-corrected chi connectivity index (χ2v) is 6.97. The Morgan fingerprint density at radius 1 is 1.04 bits per heavy atom. The topological polar surface area (TPSA) is 83.1 Å². The first-order valence-electron chi connectivity index (χ1n) is 8.38. The predicted octanol–water partition coefficient (Wildman–Crippen LogP) is 4.33. The lowest BCUT2D eigenvalue weighted by atomic mass is 9.98. The van der Waals surface area contributed by atoms with Gasteiger partial charge in [0.1, 0.15) is 17.1 Å². The number of aldehydes is 1. The Balaban J connectivity index is 2.75. The summed E-state index contributed by atoms with van der Waals surface area (Å²) in [5, 5.41) is 3.84. The molecule has 0 aromatic heterocycles. The maximum Gasteiger partial charge on any atom is 0.412 e. The molecule has 2 aromatic rings. The van der Waals surface area contributed by atoms with Crippen LogP contribution in [0.15, 0.2) is 12.1 Å². The maximum absolute atomic E-state index is 12.2. The molecule has 0 aliphatic carbocycles. The van der Waals surface area contributed by atoms with E-state index >= 15 is 0 Å². The second kappa shape index (κ2) is 7.73. The monoisotopic (exact) mass is 375 g/mol. The summed E-state index contributed by atoms with van der Waals surface area (Å²) in [5.74, 6) is 1.26. The van der Waals surface area contributed by atoms with Crippen molar-refractivity contribution in [2.75, 3.05) is 26.6 Å². The van der Waals surface area contributed by atoms with Gasteiger partial charge in [-0.05, 0) is 39.3 Å². The lowest BCUT2D eigenvalue weighted by molar-refractivity contribution is 0.0635. The Morgan fingerprint density at radius 3 is 2.15 bits per heavy atom. The minimum absolute atomic E-state index is 0.353. The lowest BCUT2D eigenvalue weighted by Crippen LogP contribution is -2.27. The second-order valence-electron chi connectivity index (χ2n) is 6.97. The van der Waals surface area contributed by atoms with E-state index in [9.17, 15) is 9.59 Å². The summed E-state index contributed by atoms with van der Waals surface area (Å²) in [7, 11) is 4.48. The summed E-state index contributed by atoms with van der Waals surface area (Å²) in [4.78, 5) is 24.0. The number of methoxy groups -OCH3 is 3. The molecular weight excluding hydrogens is 350 g/mol. The first kappa shape index (κ1) is 20.4. The quantitative estimate of drug-likeness (QED) is 0.783. The molecule has 7 nitrogen and oxygen atoms in total. The molecule has 146 valence electrons. The van der Waals surface area contributed by atoms with E-state index in [-0.39, 0.29) is 0 Å². The largest absolute Gasteiger partial charge is 0.496 e. The highest BCUT2D eigenvalue weighted by molar-refractivity contribution is 6.10. The minimum atomic E-state index is -0.646. The Morgan fingerprint density at radius 2 is 1.67 bits per heavy atom. The van der Waals surface area contributed by atoms with Crippen molar-refractivity contribution in [3.05, 3.63) is 23.3 Å². The van der Waals surface area contributed by atoms with Crippen molar-refractivity contribution in [1.82, 2.24) is 0 Å². The van der Waals surface area contributed by atoms with Crippen LogP contribution in [-0.2, 0) is 4.74 Å². The Kier molecular flexibility index (Phi) is 5.83. The zero-order valence-electron chi connectivity index (χ0n) is 16.7. The van der Waals surface area contributed by atoms with E-state index < -0.39 is 11.7 Å². The zero-order chi connectivity index (χ0) is 20.4. The highest BCUT2D eigenvalue weighted by Crippen LogP contribution is 2.44. The van der Waals surface area contributed by atoms with Crippen molar-refractivity contribution in [3.8, 4) is 17.2 Å². The fourth-order valence-electron chi connectivity index (χ4n) is 2.95. The number of anilines is 1. The van der Waals surface area contributed by atoms with Gasteiger partial charge in [0.05, 0.1) is 32.6 Å². The third kappa shape index (κ3) is 4.07. The number of hydrogen-bond donors (Lipinski definition) is 1. The molecule has 0 unspecified atom stereocenters. The number of carbonyl (C=O) groups is 2. The SMILES string of the molecule is COc1c(C)cc2c(OC)c(NC(=O)OC(C)(C)C)cc(OC)c2c1C=O. The third-order valence-corrected chi connectivity index (χ3v) is 3.90. The van der Waals surface area contributed by atoms with Gasteiger partial charge in [0, 0.05) is 16.8 Å². The summed E-state index contributed by atoms with van der Waals surface area (Å²) < 4.78 is 21.7. The van der Waals surface area contributed by atoms with Crippen molar-refractivity contribution in [1.29, 1.82) is 0 Å². The molecule has 7 heteroatoms. The molecule has 0 radical (unpaired) electrons. The molecule has 0 saturated carbocycles. The number of fused-ring (bicyclic) bond motifs is 1. The van der Waals surface area contributed by atoms with Crippen LogP contribution in [0.3, 0.4) is 0 Å². The summed E-state index contributed by atoms with van der Waals surface area (Å²) in [6.07, 6.45) is 0.0972. The maximum atomic E-state index is 12.2. The van der Waals surface area contributed by atoms with Gasteiger partial charge in [0.15, 0.2) is 12.0 Å². The number of hydrogen-bond acceptors (Lipinski definition) is 6. The molecule has 2 aromatic carbocycles. The molecule has 27 heavy (non-hydrogen) atoms. The van der Waals surface area contributed by atoms with E-state index in [1.165, 1.54) is 21.3 Å². The van der Waals surface area contributed by atoms with E-state index in [1.54, 1.807) is 26.8 Å². The van der Waals surface area contributed by atoms with Crippen LogP contribution in [0.25, 0.3) is 10.8 Å². The number of ether oxygens (including phenoxy) is 4. The number of rotatable bonds is 5. The smallest absolute Gasteiger partial charge is 0.412 e. The first-order valence-corrected chi connectivity index (χ1v) is 8.38. The number of benzene rings is 2. The van der Waals surface area contributed by atoms with Crippen LogP contribution in [-0.4, -0.2) is 39.3 Å². The van der Waals surface area contributed by atoms with Crippen LogP contribution in [0.1, 0.15) is 36.7 Å². The van der Waals surface area contributed by atoms with Crippen LogP contribution in [0.2, 0.25) is 0 Å². The Hall–Kier alpha value is -2.96. The number of nitrogens with one attached hydrogen (secondary N) is 1. The molecular formula is C20H25NO6. The van der Waals surface area contributed by atoms with Crippen LogP contribution in [0, 0.1) is 6.92 Å². The van der Waals surface area contributed by atoms with Gasteiger partial charge in [-0.15, -0.1) is 0 Å². The lowest BCUT2D eigenvalue weighted by Gasteiger charge is -2.22. The molecule has 1 amide bonds. The summed E-state index contributed by atoms with van der Waals surface area (Å²) >= 11 is 0. The predicted molar refractivity (Wildman–Crippen MR) is 104 cm³/mol. The molecule has 0 aliphatic rings. The highest BCUT2D eigenvalue weighted by Gasteiger charge is 2.23. The van der Waals surface area contributed by atoms with Gasteiger partial charge < -0.3 is 18.9 Å². The molecule has 0 atom stereocenters. The third-order valence-electron chi connectivity index (χ3n) is 3.90. The average molecular weight is 375 g/mol. The Labute approximate surface area is 158 Å². The van der Waals surface area contributed by atoms with Crippen molar-refractivity contribution in [3.63, 3.8) is 0 Å². The first-order chi connectivity index (χ1) is 12.7. The highest BCUT2D eigenvalue weighted by atomic mass is 16.6. The number of amides is 1. The van der Waals surface area contributed by atoms with E-state index in [0.717, 1.165) is 11.8 Å². The number of carbonyl (C=O) groups excluding carboxylic acids is 2. The van der Waals surface area contributed by atoms with Crippen LogP contribution < -0.4 is 19.5 Å². The number of aryl methyl sites for hydroxylation is 1. The van der Waals surface area contributed by atoms with Gasteiger partial charge in [0.25, 0.3) is 0 Å². The van der Waals surface area contributed by atoms with Crippen molar-refractivity contribution >= 4 is 28.8 Å². The van der Waals surface area contributed by atoms with Crippen LogP contribution >= 0.6 is 0 Å². The fraction of sp³-hybridized carbons (Fsp3) is 0.400. The fourth-order valence-corrected chi connectivity index (χ4v) is 2.95. The summed E-state index contributed by atoms with van der Waals surface area (Å²) in [6.45, 7) is 7.15. The minimum Gasteiger partial charge on any atom is -0.496 e. The molecule has 0 heterocycles. The molecule has 0 aliphatic heterocycles. The molecule has 0 saturated heterocycles. The summed E-state index contributed by atoms with van der Waals surface area (Å²) in [6, 6.07) is 3.41. The molecule has 0 spiro atoms. The van der Waals surface area contributed by atoms with Crippen molar-refractivity contribution in [2.24, 2.45) is 0 Å². The van der Waals surface area contributed by atoms with E-state index in [0.29, 0.717) is 39.3 Å². The molecule has 1 N–H and O–H groups in total. The average Bonchev–Trinajstić information content (AvgIpc) is 2.57. The van der Waals surface area contributed by atoms with Crippen molar-refractivity contribution < 1.29 is 28.5 Å². The summed E-state index contributed by atoms with van der Waals surface area (Å²) in [5.41, 5.74) is 0.832. The van der Waals surface area contributed by atoms with E-state index in [2.05, 4.69) is 5.32 Å². The zero-order valence-corrected chi connectivity index (χ0v) is 16.7. The van der Waals surface area contributed by atoms with Gasteiger partial charge in [-0.25, -0.2) is 4.79 Å². The van der Waals surface area contributed by atoms with Gasteiger partial charge in [-0.1, -0.05) is 0 Å². The Bertz CT molecular complexity index is 883. The van der Waals surface area contributed by atoms with Crippen molar-refractivity contribution in [2.45, 2.75) is 33.3 Å². The van der Waals surface area contributed by atoms with E-state index in [4.69, 9.17) is 18.9 Å². The molecule has 0 bridgehead atoms. The van der Waals surface area contributed by atoms with Gasteiger partial charge >= 0.3 is 6.09 Å². The molecule has 0 fully saturated rings. The molecule has 2 rings (SSSR count). The van der Waals surface area contributed by atoms with Gasteiger partial charge in [-0.2, -0.15) is 0 Å². The standard InChI is InChI=1S/C20H25NO6/c1-11-8-12-16(13(10-22)17(11)25-6)15(24-5)9-14(18(12)26-7)21-19(23)27-20(2,3)4/h8-10H,1-7H3,(H,21,23). The normalized spacial score (nSPS) is 11.1. The van der Waals surface area contributed by atoms with Gasteiger partial charge in [-0.3, -0.25) is 10.1 Å². The van der Waals surface area contributed by atoms with Gasteiger partial charge in [0.2, 0.25) is 0 Å². The van der Waals surface area contributed by atoms with E-state index in [1.807, 2.05) is 13.0 Å².